The molecule has 9 heavy (non-hydrogen) atoms. The average molecular weight is 213 g/mol. The minimum atomic E-state index is -0.0511. The van der Waals surface area contributed by atoms with Crippen molar-refractivity contribution in [1.82, 2.24) is 0 Å². The maximum Gasteiger partial charge on any atom is 0.0407 e. The lowest BCUT2D eigenvalue weighted by Gasteiger charge is -2.06. The Morgan fingerprint density at radius 3 is 2.67 bits per heavy atom. The Morgan fingerprint density at radius 1 is 2.00 bits per heavy atom. The van der Waals surface area contributed by atoms with E-state index >= 15 is 0 Å². The van der Waals surface area contributed by atoms with Gasteiger partial charge in [-0.3, -0.25) is 0 Å². The van der Waals surface area contributed by atoms with Crippen LogP contribution in [0.5, 0.6) is 0 Å². The third-order valence-electron chi connectivity index (χ3n) is 1.98. The van der Waals surface area contributed by atoms with E-state index in [1.165, 1.54) is 0 Å². The smallest absolute Gasteiger partial charge is 0.0407 e. The van der Waals surface area contributed by atoms with E-state index in [2.05, 4.69) is 22.9 Å². The quantitative estimate of drug-likeness (QED) is 0.693. The molecule has 1 saturated carbocycles. The molecule has 2 N–H and O–H groups in total. The molecular formula is C6H11BrClN. The third kappa shape index (κ3) is 1.41. The summed E-state index contributed by atoms with van der Waals surface area (Å²) in [4.78, 5) is 0.515. The zero-order chi connectivity index (χ0) is 7.07. The van der Waals surface area contributed by atoms with Gasteiger partial charge in [0.15, 0.2) is 0 Å². The van der Waals surface area contributed by atoms with Crippen molar-refractivity contribution in [2.24, 2.45) is 11.7 Å². The minimum Gasteiger partial charge on any atom is -0.324 e. The van der Waals surface area contributed by atoms with Crippen LogP contribution in [0.15, 0.2) is 0 Å². The molecule has 0 bridgehead atoms. The van der Waals surface area contributed by atoms with Gasteiger partial charge in [-0.05, 0) is 12.3 Å². The summed E-state index contributed by atoms with van der Waals surface area (Å²) in [5.74, 6) is 1.18. The van der Waals surface area contributed by atoms with Crippen LogP contribution in [0.1, 0.15) is 13.3 Å². The summed E-state index contributed by atoms with van der Waals surface area (Å²) in [6.45, 7) is 2.12. The first-order valence-corrected chi connectivity index (χ1v) is 4.54. The summed E-state index contributed by atoms with van der Waals surface area (Å²) in [6, 6.07) is 0. The van der Waals surface area contributed by atoms with Gasteiger partial charge in [-0.15, -0.1) is 11.6 Å². The van der Waals surface area contributed by atoms with Gasteiger partial charge in [0.05, 0.1) is 0 Å². The fourth-order valence-electron chi connectivity index (χ4n) is 1.12. The van der Waals surface area contributed by atoms with Gasteiger partial charge in [-0.2, -0.15) is 0 Å². The molecule has 1 nitrogen and oxygen atoms in total. The van der Waals surface area contributed by atoms with Crippen LogP contribution >= 0.6 is 27.5 Å². The molecule has 54 valence electrons. The first kappa shape index (κ1) is 7.83. The van der Waals surface area contributed by atoms with Crippen LogP contribution in [0.2, 0.25) is 0 Å². The molecule has 0 aromatic rings. The first-order chi connectivity index (χ1) is 4.10. The summed E-state index contributed by atoms with van der Waals surface area (Å²) in [7, 11) is 0. The van der Waals surface area contributed by atoms with Gasteiger partial charge >= 0.3 is 0 Å². The number of nitrogens with two attached hydrogens (primary N) is 1. The molecule has 3 heteroatoms. The lowest BCUT2D eigenvalue weighted by Crippen LogP contribution is -2.28. The minimum absolute atomic E-state index is 0.0511. The van der Waals surface area contributed by atoms with Crippen molar-refractivity contribution >= 4 is 27.5 Å². The van der Waals surface area contributed by atoms with Crippen molar-refractivity contribution in [1.29, 1.82) is 0 Å². The van der Waals surface area contributed by atoms with Crippen molar-refractivity contribution in [3.63, 3.8) is 0 Å². The predicted octanol–water partition coefficient (Wildman–Crippen LogP) is 1.73. The average Bonchev–Trinajstić information content (AvgIpc) is 2.44. The third-order valence-corrected chi connectivity index (χ3v) is 3.12. The highest BCUT2D eigenvalue weighted by atomic mass is 79.9. The summed E-state index contributed by atoms with van der Waals surface area (Å²) >= 11 is 9.11. The summed E-state index contributed by atoms with van der Waals surface area (Å²) in [5, 5.41) is 0. The van der Waals surface area contributed by atoms with E-state index in [1.54, 1.807) is 0 Å². The van der Waals surface area contributed by atoms with E-state index in [-0.39, 0.29) is 5.54 Å². The predicted molar refractivity (Wildman–Crippen MR) is 44.1 cm³/mol. The normalized spacial score (nSPS) is 44.7. The molecule has 0 amide bonds. The molecule has 3 unspecified atom stereocenters. The number of hydrogen-bond acceptors (Lipinski definition) is 1. The maximum absolute atomic E-state index is 5.83. The van der Waals surface area contributed by atoms with Gasteiger partial charge in [0.1, 0.15) is 0 Å². The van der Waals surface area contributed by atoms with Crippen LogP contribution in [0.3, 0.4) is 0 Å². The number of halogens is 2. The highest BCUT2D eigenvalue weighted by Crippen LogP contribution is 2.46. The van der Waals surface area contributed by atoms with Gasteiger partial charge in [-0.1, -0.05) is 22.9 Å². The van der Waals surface area contributed by atoms with Crippen molar-refractivity contribution in [2.45, 2.75) is 23.7 Å². The van der Waals surface area contributed by atoms with Crippen molar-refractivity contribution < 1.29 is 0 Å². The number of alkyl halides is 2. The van der Waals surface area contributed by atoms with Crippen molar-refractivity contribution in [2.75, 3.05) is 5.88 Å². The standard InChI is InChI=1S/C6H11BrClN/c1-4(7)5-2-6(5,9)3-8/h4-5H,2-3,9H2,1H3. The summed E-state index contributed by atoms with van der Waals surface area (Å²) < 4.78 is 0. The molecular weight excluding hydrogens is 201 g/mol. The Morgan fingerprint density at radius 2 is 2.56 bits per heavy atom. The fourth-order valence-corrected chi connectivity index (χ4v) is 2.14. The molecule has 0 spiro atoms. The van der Waals surface area contributed by atoms with E-state index in [4.69, 9.17) is 17.3 Å². The lowest BCUT2D eigenvalue weighted by molar-refractivity contribution is 0.653. The zero-order valence-electron chi connectivity index (χ0n) is 5.40. The number of hydrogen-bond donors (Lipinski definition) is 1. The van der Waals surface area contributed by atoms with Gasteiger partial charge in [0, 0.05) is 16.2 Å². The van der Waals surface area contributed by atoms with Crippen molar-refractivity contribution in [3.05, 3.63) is 0 Å². The van der Waals surface area contributed by atoms with Crippen LogP contribution in [-0.2, 0) is 0 Å². The van der Waals surface area contributed by atoms with E-state index in [1.807, 2.05) is 0 Å². The Balaban J connectivity index is 2.38. The molecule has 0 aromatic heterocycles. The van der Waals surface area contributed by atoms with Gasteiger partial charge in [0.25, 0.3) is 0 Å². The second-order valence-electron chi connectivity index (χ2n) is 2.85. The molecule has 3 atom stereocenters. The molecule has 0 heterocycles. The van der Waals surface area contributed by atoms with E-state index in [0.29, 0.717) is 16.6 Å². The summed E-state index contributed by atoms with van der Waals surface area (Å²) in [6.07, 6.45) is 1.07. The highest BCUT2D eigenvalue weighted by Gasteiger charge is 2.52. The molecule has 1 aliphatic rings. The highest BCUT2D eigenvalue weighted by molar-refractivity contribution is 9.09. The van der Waals surface area contributed by atoms with E-state index in [9.17, 15) is 0 Å². The zero-order valence-corrected chi connectivity index (χ0v) is 7.74. The van der Waals surface area contributed by atoms with Crippen LogP contribution in [0.25, 0.3) is 0 Å². The van der Waals surface area contributed by atoms with Crippen LogP contribution in [0.4, 0.5) is 0 Å². The number of rotatable bonds is 2. The summed E-state index contributed by atoms with van der Waals surface area (Å²) in [5.41, 5.74) is 5.78. The Bertz CT molecular complexity index is 118. The molecule has 0 aromatic carbocycles. The molecule has 1 fully saturated rings. The second-order valence-corrected chi connectivity index (χ2v) is 4.57. The van der Waals surface area contributed by atoms with Crippen molar-refractivity contribution in [3.8, 4) is 0 Å². The topological polar surface area (TPSA) is 26.0 Å². The fraction of sp³-hybridized carbons (Fsp3) is 1.00. The first-order valence-electron chi connectivity index (χ1n) is 3.09. The Kier molecular flexibility index (Phi) is 2.09. The molecule has 0 saturated heterocycles. The van der Waals surface area contributed by atoms with Crippen LogP contribution in [0, 0.1) is 5.92 Å². The largest absolute Gasteiger partial charge is 0.324 e. The maximum atomic E-state index is 5.83. The Hall–Kier alpha value is 0.730. The SMILES string of the molecule is CC(Br)C1CC1(N)CCl. The van der Waals surface area contributed by atoms with E-state index in [0.717, 1.165) is 6.42 Å². The molecule has 0 radical (unpaired) electrons. The second kappa shape index (κ2) is 2.40. The molecule has 1 rings (SSSR count). The molecule has 0 aliphatic heterocycles. The van der Waals surface area contributed by atoms with Gasteiger partial charge < -0.3 is 5.73 Å². The monoisotopic (exact) mass is 211 g/mol. The van der Waals surface area contributed by atoms with Crippen LogP contribution in [-0.4, -0.2) is 16.2 Å². The molecule has 1 aliphatic carbocycles. The Labute approximate surface area is 69.1 Å². The van der Waals surface area contributed by atoms with Gasteiger partial charge in [0.2, 0.25) is 0 Å². The van der Waals surface area contributed by atoms with Crippen LogP contribution < -0.4 is 5.73 Å². The van der Waals surface area contributed by atoms with E-state index < -0.39 is 0 Å². The lowest BCUT2D eigenvalue weighted by atomic mass is 10.2. The van der Waals surface area contributed by atoms with Gasteiger partial charge in [-0.25, -0.2) is 0 Å².